The van der Waals surface area contributed by atoms with Crippen molar-refractivity contribution in [2.75, 3.05) is 4.90 Å². The van der Waals surface area contributed by atoms with Crippen molar-refractivity contribution in [3.05, 3.63) is 88.7 Å². The van der Waals surface area contributed by atoms with E-state index < -0.39 is 12.1 Å². The molecular formula is C23H19ClN2O3. The van der Waals surface area contributed by atoms with Crippen molar-refractivity contribution in [1.29, 1.82) is 0 Å². The summed E-state index contributed by atoms with van der Waals surface area (Å²) in [5.74, 6) is -1.000. The fraction of sp³-hybridized carbons (Fsp3) is 0.174. The number of halogens is 1. The van der Waals surface area contributed by atoms with Crippen molar-refractivity contribution in [3.63, 3.8) is 0 Å². The Morgan fingerprint density at radius 3 is 2.14 bits per heavy atom. The average Bonchev–Trinajstić information content (AvgIpc) is 2.90. The van der Waals surface area contributed by atoms with E-state index in [1.165, 1.54) is 12.3 Å². The monoisotopic (exact) mass is 406 g/mol. The van der Waals surface area contributed by atoms with Crippen molar-refractivity contribution in [3.8, 4) is 0 Å². The third kappa shape index (κ3) is 3.74. The number of esters is 1. The van der Waals surface area contributed by atoms with Gasteiger partial charge in [0.1, 0.15) is 5.15 Å². The Kier molecular flexibility index (Phi) is 5.32. The number of para-hydroxylation sites is 2. The summed E-state index contributed by atoms with van der Waals surface area (Å²) in [6.45, 7) is 1.57. The first kappa shape index (κ1) is 19.2. The second-order valence-electron chi connectivity index (χ2n) is 6.82. The van der Waals surface area contributed by atoms with Crippen LogP contribution in [-0.2, 0) is 22.4 Å². The topological polar surface area (TPSA) is 59.5 Å². The van der Waals surface area contributed by atoms with Crippen molar-refractivity contribution in [2.24, 2.45) is 0 Å². The van der Waals surface area contributed by atoms with Gasteiger partial charge in [0.15, 0.2) is 6.10 Å². The van der Waals surface area contributed by atoms with E-state index in [1.54, 1.807) is 17.9 Å². The van der Waals surface area contributed by atoms with Crippen LogP contribution in [-0.4, -0.2) is 23.0 Å². The number of benzene rings is 2. The van der Waals surface area contributed by atoms with Gasteiger partial charge in [-0.05, 0) is 55.2 Å². The summed E-state index contributed by atoms with van der Waals surface area (Å²) in [7, 11) is 0. The van der Waals surface area contributed by atoms with Crippen LogP contribution >= 0.6 is 11.6 Å². The SMILES string of the molecule is CC(OC(=O)c1cccnc1Cl)C(=O)N1c2ccccc2CCc2ccccc21. The van der Waals surface area contributed by atoms with E-state index >= 15 is 0 Å². The summed E-state index contributed by atoms with van der Waals surface area (Å²) >= 11 is 5.98. The fourth-order valence-corrected chi connectivity index (χ4v) is 3.71. The molecule has 0 saturated heterocycles. The zero-order valence-corrected chi connectivity index (χ0v) is 16.6. The third-order valence-corrected chi connectivity index (χ3v) is 5.26. The maximum Gasteiger partial charge on any atom is 0.342 e. The number of pyridine rings is 1. The molecule has 0 aliphatic carbocycles. The van der Waals surface area contributed by atoms with Crippen LogP contribution < -0.4 is 4.90 Å². The zero-order valence-electron chi connectivity index (χ0n) is 15.8. The second kappa shape index (κ2) is 8.05. The molecule has 0 fully saturated rings. The first-order chi connectivity index (χ1) is 14.1. The van der Waals surface area contributed by atoms with Gasteiger partial charge < -0.3 is 4.74 Å². The van der Waals surface area contributed by atoms with Gasteiger partial charge in [0.05, 0.1) is 16.9 Å². The van der Waals surface area contributed by atoms with E-state index in [2.05, 4.69) is 4.98 Å². The number of fused-ring (bicyclic) bond motifs is 2. The van der Waals surface area contributed by atoms with Gasteiger partial charge in [-0.15, -0.1) is 0 Å². The first-order valence-corrected chi connectivity index (χ1v) is 9.75. The molecule has 146 valence electrons. The van der Waals surface area contributed by atoms with Crippen LogP contribution in [0.15, 0.2) is 66.9 Å². The Labute approximate surface area is 173 Å². The number of nitrogens with zero attached hydrogens (tertiary/aromatic N) is 2. The van der Waals surface area contributed by atoms with E-state index in [9.17, 15) is 9.59 Å². The lowest BCUT2D eigenvalue weighted by molar-refractivity contribution is -0.125. The van der Waals surface area contributed by atoms with Gasteiger partial charge in [0.2, 0.25) is 0 Å². The molecule has 0 N–H and O–H groups in total. The summed E-state index contributed by atoms with van der Waals surface area (Å²) in [6.07, 6.45) is 2.14. The number of carbonyl (C=O) groups is 2. The second-order valence-corrected chi connectivity index (χ2v) is 7.18. The van der Waals surface area contributed by atoms with Crippen LogP contribution in [0.25, 0.3) is 0 Å². The molecule has 1 aromatic heterocycles. The van der Waals surface area contributed by atoms with Crippen LogP contribution in [0.2, 0.25) is 5.15 Å². The maximum atomic E-state index is 13.4. The van der Waals surface area contributed by atoms with Gasteiger partial charge in [-0.25, -0.2) is 9.78 Å². The van der Waals surface area contributed by atoms with Gasteiger partial charge in [-0.3, -0.25) is 9.69 Å². The smallest absolute Gasteiger partial charge is 0.342 e. The predicted octanol–water partition coefficient (Wildman–Crippen LogP) is 4.74. The van der Waals surface area contributed by atoms with Crippen LogP contribution in [0.5, 0.6) is 0 Å². The number of rotatable bonds is 3. The van der Waals surface area contributed by atoms with E-state index in [1.807, 2.05) is 48.5 Å². The number of aryl methyl sites for hydroxylation is 2. The molecule has 1 atom stereocenters. The van der Waals surface area contributed by atoms with E-state index in [0.29, 0.717) is 0 Å². The Morgan fingerprint density at radius 2 is 1.55 bits per heavy atom. The third-order valence-electron chi connectivity index (χ3n) is 4.96. The van der Waals surface area contributed by atoms with Crippen LogP contribution in [0.1, 0.15) is 28.4 Å². The molecule has 4 rings (SSSR count). The summed E-state index contributed by atoms with van der Waals surface area (Å²) in [6, 6.07) is 18.7. The highest BCUT2D eigenvalue weighted by Gasteiger charge is 2.31. The van der Waals surface area contributed by atoms with Crippen LogP contribution in [0, 0.1) is 0 Å². The van der Waals surface area contributed by atoms with E-state index in [0.717, 1.165) is 35.3 Å². The molecule has 0 bridgehead atoms. The highest BCUT2D eigenvalue weighted by atomic mass is 35.5. The van der Waals surface area contributed by atoms with Gasteiger partial charge in [-0.2, -0.15) is 0 Å². The molecule has 2 heterocycles. The molecule has 1 aliphatic rings. The molecule has 6 heteroatoms. The lowest BCUT2D eigenvalue weighted by atomic mass is 10.0. The maximum absolute atomic E-state index is 13.4. The van der Waals surface area contributed by atoms with Crippen molar-refractivity contribution in [2.45, 2.75) is 25.9 Å². The molecule has 0 saturated carbocycles. The van der Waals surface area contributed by atoms with Crippen molar-refractivity contribution < 1.29 is 14.3 Å². The van der Waals surface area contributed by atoms with Crippen molar-refractivity contribution >= 4 is 34.9 Å². The van der Waals surface area contributed by atoms with Crippen LogP contribution in [0.4, 0.5) is 11.4 Å². The number of carbonyl (C=O) groups excluding carboxylic acids is 2. The standard InChI is InChI=1S/C23H19ClN2O3/c1-15(29-23(28)18-9-6-14-25-21(18)24)22(27)26-19-10-4-2-7-16(19)12-13-17-8-3-5-11-20(17)26/h2-11,14-15H,12-13H2,1H3. The molecule has 1 amide bonds. The van der Waals surface area contributed by atoms with Gasteiger partial charge >= 0.3 is 5.97 Å². The molecule has 0 spiro atoms. The quantitative estimate of drug-likeness (QED) is 0.465. The molecule has 2 aromatic carbocycles. The van der Waals surface area contributed by atoms with Crippen molar-refractivity contribution in [1.82, 2.24) is 4.98 Å². The first-order valence-electron chi connectivity index (χ1n) is 9.37. The Bertz CT molecular complexity index is 1040. The molecule has 0 radical (unpaired) electrons. The molecular weight excluding hydrogens is 388 g/mol. The largest absolute Gasteiger partial charge is 0.449 e. The number of ether oxygens (including phenoxy) is 1. The lowest BCUT2D eigenvalue weighted by Crippen LogP contribution is -2.37. The minimum absolute atomic E-state index is 0.0441. The summed E-state index contributed by atoms with van der Waals surface area (Å²) in [5.41, 5.74) is 3.90. The molecule has 5 nitrogen and oxygen atoms in total. The highest BCUT2D eigenvalue weighted by molar-refractivity contribution is 6.32. The number of aromatic nitrogens is 1. The highest BCUT2D eigenvalue weighted by Crippen LogP contribution is 2.36. The minimum atomic E-state index is -1.00. The number of hydrogen-bond acceptors (Lipinski definition) is 4. The zero-order chi connectivity index (χ0) is 20.4. The average molecular weight is 407 g/mol. The van der Waals surface area contributed by atoms with E-state index in [-0.39, 0.29) is 16.6 Å². The van der Waals surface area contributed by atoms with Crippen LogP contribution in [0.3, 0.4) is 0 Å². The number of amides is 1. The van der Waals surface area contributed by atoms with E-state index in [4.69, 9.17) is 16.3 Å². The summed E-state index contributed by atoms with van der Waals surface area (Å²) < 4.78 is 5.45. The molecule has 29 heavy (non-hydrogen) atoms. The lowest BCUT2D eigenvalue weighted by Gasteiger charge is -2.27. The molecule has 3 aromatic rings. The van der Waals surface area contributed by atoms with Gasteiger partial charge in [0.25, 0.3) is 5.91 Å². The minimum Gasteiger partial charge on any atom is -0.449 e. The van der Waals surface area contributed by atoms with Gasteiger partial charge in [-0.1, -0.05) is 48.0 Å². The normalized spacial score (nSPS) is 13.7. The number of anilines is 2. The fourth-order valence-electron chi connectivity index (χ4n) is 3.51. The Hall–Kier alpha value is -3.18. The Balaban J connectivity index is 1.67. The summed E-state index contributed by atoms with van der Waals surface area (Å²) in [5, 5.41) is 0.0441. The molecule has 1 unspecified atom stereocenters. The Morgan fingerprint density at radius 1 is 0.966 bits per heavy atom. The van der Waals surface area contributed by atoms with Gasteiger partial charge in [0, 0.05) is 6.20 Å². The number of hydrogen-bond donors (Lipinski definition) is 0. The summed E-state index contributed by atoms with van der Waals surface area (Å²) in [4.78, 5) is 31.5. The molecule has 1 aliphatic heterocycles. The predicted molar refractivity (Wildman–Crippen MR) is 112 cm³/mol.